The van der Waals surface area contributed by atoms with E-state index in [9.17, 15) is 21.6 Å². The molecule has 0 atom stereocenters. The molecule has 1 fully saturated rings. The molecule has 3 rings (SSSR count). The monoisotopic (exact) mass is 454 g/mol. The first-order valence-electron chi connectivity index (χ1n) is 8.92. The molecule has 0 bridgehead atoms. The van der Waals surface area contributed by atoms with Crippen molar-refractivity contribution in [3.8, 4) is 11.5 Å². The lowest BCUT2D eigenvalue weighted by atomic mass is 10.1. The molecular formula is C19H22N2O7S2. The number of methoxy groups -OCH3 is 2. The predicted octanol–water partition coefficient (Wildman–Crippen LogP) is 2.19. The van der Waals surface area contributed by atoms with Gasteiger partial charge in [-0.2, -0.15) is 0 Å². The van der Waals surface area contributed by atoms with Gasteiger partial charge in [0, 0.05) is 12.5 Å². The van der Waals surface area contributed by atoms with Gasteiger partial charge in [0.1, 0.15) is 0 Å². The third-order valence-electron chi connectivity index (χ3n) is 4.66. The van der Waals surface area contributed by atoms with E-state index in [2.05, 4.69) is 4.72 Å². The molecule has 0 aliphatic carbocycles. The molecule has 1 amide bonds. The van der Waals surface area contributed by atoms with E-state index in [1.54, 1.807) is 19.9 Å². The number of nitrogens with one attached hydrogen (secondary N) is 1. The van der Waals surface area contributed by atoms with Gasteiger partial charge in [-0.3, -0.25) is 9.52 Å². The lowest BCUT2D eigenvalue weighted by Gasteiger charge is -2.19. The van der Waals surface area contributed by atoms with Crippen molar-refractivity contribution in [2.75, 3.05) is 29.0 Å². The first-order valence-corrected chi connectivity index (χ1v) is 12.0. The van der Waals surface area contributed by atoms with E-state index in [4.69, 9.17) is 9.47 Å². The van der Waals surface area contributed by atoms with E-state index >= 15 is 0 Å². The van der Waals surface area contributed by atoms with E-state index in [0.717, 1.165) is 4.31 Å². The van der Waals surface area contributed by atoms with Crippen LogP contribution in [0.4, 0.5) is 11.4 Å². The Hall–Kier alpha value is -2.79. The van der Waals surface area contributed by atoms with Crippen LogP contribution in [0.25, 0.3) is 0 Å². The van der Waals surface area contributed by atoms with Crippen LogP contribution in [-0.2, 0) is 24.8 Å². The van der Waals surface area contributed by atoms with Crippen LogP contribution in [0.2, 0.25) is 0 Å². The van der Waals surface area contributed by atoms with Crippen LogP contribution in [0, 0.1) is 13.8 Å². The van der Waals surface area contributed by atoms with Crippen LogP contribution < -0.4 is 18.5 Å². The zero-order valence-electron chi connectivity index (χ0n) is 16.9. The number of hydrogen-bond donors (Lipinski definition) is 1. The number of anilines is 2. The zero-order chi connectivity index (χ0) is 22.3. The van der Waals surface area contributed by atoms with Crippen molar-refractivity contribution in [3.05, 3.63) is 41.5 Å². The van der Waals surface area contributed by atoms with Gasteiger partial charge in [-0.1, -0.05) is 0 Å². The Morgan fingerprint density at radius 3 is 2.10 bits per heavy atom. The number of amides is 1. The summed E-state index contributed by atoms with van der Waals surface area (Å²) in [5, 5.41) is 0. The first-order chi connectivity index (χ1) is 14.0. The second-order valence-electron chi connectivity index (χ2n) is 6.81. The molecule has 1 saturated heterocycles. The van der Waals surface area contributed by atoms with Crippen LogP contribution in [0.5, 0.6) is 11.5 Å². The molecule has 1 aliphatic rings. The van der Waals surface area contributed by atoms with Crippen molar-refractivity contribution in [2.24, 2.45) is 0 Å². The second-order valence-corrected chi connectivity index (χ2v) is 10.4. The molecule has 2 aromatic carbocycles. The maximum atomic E-state index is 13.0. The average molecular weight is 455 g/mol. The summed E-state index contributed by atoms with van der Waals surface area (Å²) in [6.07, 6.45) is -0.0959. The SMILES string of the molecule is COc1ccc(NS(=O)(=O)c2c(C)cc(N3C(=O)CCS3(=O)=O)cc2C)cc1OC. The molecule has 2 aromatic rings. The fraction of sp³-hybridized carbons (Fsp3) is 0.316. The van der Waals surface area contributed by atoms with Gasteiger partial charge < -0.3 is 9.47 Å². The predicted molar refractivity (Wildman–Crippen MR) is 112 cm³/mol. The number of aryl methyl sites for hydroxylation is 2. The van der Waals surface area contributed by atoms with Crippen LogP contribution in [-0.4, -0.2) is 42.7 Å². The molecule has 0 unspecified atom stereocenters. The van der Waals surface area contributed by atoms with Crippen molar-refractivity contribution in [3.63, 3.8) is 0 Å². The molecule has 11 heteroatoms. The van der Waals surface area contributed by atoms with Crippen LogP contribution in [0.3, 0.4) is 0 Å². The molecule has 162 valence electrons. The van der Waals surface area contributed by atoms with Gasteiger partial charge in [-0.25, -0.2) is 21.1 Å². The highest BCUT2D eigenvalue weighted by Crippen LogP contribution is 2.34. The van der Waals surface area contributed by atoms with Crippen LogP contribution in [0.15, 0.2) is 35.2 Å². The summed E-state index contributed by atoms with van der Waals surface area (Å²) in [5.41, 5.74) is 1.03. The molecule has 0 aromatic heterocycles. The van der Waals surface area contributed by atoms with E-state index in [0.29, 0.717) is 22.6 Å². The number of hydrogen-bond acceptors (Lipinski definition) is 7. The van der Waals surface area contributed by atoms with E-state index in [1.807, 2.05) is 0 Å². The highest BCUT2D eigenvalue weighted by atomic mass is 32.2. The largest absolute Gasteiger partial charge is 0.493 e. The summed E-state index contributed by atoms with van der Waals surface area (Å²) in [6.45, 7) is 3.10. The van der Waals surface area contributed by atoms with Crippen LogP contribution >= 0.6 is 0 Å². The summed E-state index contributed by atoms with van der Waals surface area (Å²) in [5.74, 6) is 0.0194. The summed E-state index contributed by atoms with van der Waals surface area (Å²) >= 11 is 0. The van der Waals surface area contributed by atoms with Crippen molar-refractivity contribution in [1.29, 1.82) is 0 Å². The molecule has 9 nitrogen and oxygen atoms in total. The third kappa shape index (κ3) is 3.94. The first kappa shape index (κ1) is 21.9. The number of ether oxygens (including phenoxy) is 2. The van der Waals surface area contributed by atoms with Gasteiger partial charge >= 0.3 is 0 Å². The highest BCUT2D eigenvalue weighted by Gasteiger charge is 2.37. The van der Waals surface area contributed by atoms with E-state index in [1.165, 1.54) is 38.5 Å². The Labute approximate surface area is 175 Å². The fourth-order valence-corrected chi connectivity index (χ4v) is 6.39. The van der Waals surface area contributed by atoms with Gasteiger partial charge in [0.25, 0.3) is 10.0 Å². The smallest absolute Gasteiger partial charge is 0.262 e. The Balaban J connectivity index is 2.00. The number of benzene rings is 2. The van der Waals surface area contributed by atoms with Crippen molar-refractivity contribution < 1.29 is 31.1 Å². The standard InChI is InChI=1S/C19H22N2O7S2/c1-12-9-15(21-18(22)7-8-29(21,23)24)10-13(2)19(12)30(25,26)20-14-5-6-16(27-3)17(11-14)28-4/h5-6,9-11,20H,7-8H2,1-4H3. The van der Waals surface area contributed by atoms with Crippen molar-refractivity contribution in [2.45, 2.75) is 25.2 Å². The van der Waals surface area contributed by atoms with Gasteiger partial charge in [-0.05, 0) is 49.2 Å². The Morgan fingerprint density at radius 1 is 1.00 bits per heavy atom. The molecule has 0 radical (unpaired) electrons. The number of carbonyl (C=O) groups is 1. The number of sulfonamides is 2. The lowest BCUT2D eigenvalue weighted by molar-refractivity contribution is -0.116. The minimum Gasteiger partial charge on any atom is -0.493 e. The Kier molecular flexibility index (Phi) is 5.70. The van der Waals surface area contributed by atoms with Crippen LogP contribution in [0.1, 0.15) is 17.5 Å². The maximum Gasteiger partial charge on any atom is 0.262 e. The zero-order valence-corrected chi connectivity index (χ0v) is 18.6. The molecule has 1 N–H and O–H groups in total. The van der Waals surface area contributed by atoms with Crippen molar-refractivity contribution in [1.82, 2.24) is 0 Å². The average Bonchev–Trinajstić information content (AvgIpc) is 2.92. The van der Waals surface area contributed by atoms with Gasteiger partial charge in [0.05, 0.1) is 36.2 Å². The highest BCUT2D eigenvalue weighted by molar-refractivity contribution is 7.94. The molecule has 0 saturated carbocycles. The minimum atomic E-state index is -4.00. The second kappa shape index (κ2) is 7.80. The number of nitrogens with zero attached hydrogens (tertiary/aromatic N) is 1. The lowest BCUT2D eigenvalue weighted by Crippen LogP contribution is -2.29. The number of carbonyl (C=O) groups excluding carboxylic acids is 1. The van der Waals surface area contributed by atoms with Gasteiger partial charge in [0.2, 0.25) is 15.9 Å². The Bertz CT molecular complexity index is 1200. The maximum absolute atomic E-state index is 13.0. The molecule has 1 aliphatic heterocycles. The minimum absolute atomic E-state index is 0.00470. The normalized spacial score (nSPS) is 15.9. The number of rotatable bonds is 6. The molecule has 0 spiro atoms. The quantitative estimate of drug-likeness (QED) is 0.710. The van der Waals surface area contributed by atoms with Gasteiger partial charge in [0.15, 0.2) is 11.5 Å². The molecule has 1 heterocycles. The van der Waals surface area contributed by atoms with E-state index < -0.39 is 26.0 Å². The summed E-state index contributed by atoms with van der Waals surface area (Å²) in [7, 11) is -4.83. The molecular weight excluding hydrogens is 432 g/mol. The summed E-state index contributed by atoms with van der Waals surface area (Å²) < 4.78 is 64.0. The Morgan fingerprint density at radius 2 is 1.60 bits per heavy atom. The topological polar surface area (TPSA) is 119 Å². The summed E-state index contributed by atoms with van der Waals surface area (Å²) in [4.78, 5) is 12.0. The van der Waals surface area contributed by atoms with Crippen molar-refractivity contribution >= 4 is 37.3 Å². The molecule has 30 heavy (non-hydrogen) atoms. The van der Waals surface area contributed by atoms with E-state index in [-0.39, 0.29) is 28.4 Å². The summed E-state index contributed by atoms with van der Waals surface area (Å²) in [6, 6.07) is 7.37. The van der Waals surface area contributed by atoms with Gasteiger partial charge in [-0.15, -0.1) is 0 Å². The fourth-order valence-electron chi connectivity index (χ4n) is 3.44. The third-order valence-corrected chi connectivity index (χ3v) is 8.04.